The zero-order valence-electron chi connectivity index (χ0n) is 6.85. The van der Waals surface area contributed by atoms with E-state index in [-0.39, 0.29) is 10.8 Å². The highest BCUT2D eigenvalue weighted by molar-refractivity contribution is 7.79. The predicted molar refractivity (Wildman–Crippen MR) is 43.3 cm³/mol. The highest BCUT2D eigenvalue weighted by Gasteiger charge is 2.01. The van der Waals surface area contributed by atoms with Crippen LogP contribution < -0.4 is 0 Å². The molecule has 0 radical (unpaired) electrons. The van der Waals surface area contributed by atoms with E-state index in [0.717, 1.165) is 0 Å². The van der Waals surface area contributed by atoms with Gasteiger partial charge in [-0.2, -0.15) is 0 Å². The first-order valence-corrected chi connectivity index (χ1v) is 4.60. The van der Waals surface area contributed by atoms with Gasteiger partial charge in [0.2, 0.25) is 0 Å². The molecule has 1 atom stereocenters. The van der Waals surface area contributed by atoms with Crippen molar-refractivity contribution in [1.82, 2.24) is 9.97 Å². The van der Waals surface area contributed by atoms with Crippen LogP contribution in [0.25, 0.3) is 0 Å². The largest absolute Gasteiger partial charge is 0.768 e. The molecule has 5 heteroatoms. The van der Waals surface area contributed by atoms with Crippen molar-refractivity contribution in [2.24, 2.45) is 0 Å². The minimum absolute atomic E-state index is 0.124. The van der Waals surface area contributed by atoms with Crippen LogP contribution in [-0.4, -0.2) is 18.7 Å². The molecule has 12 heavy (non-hydrogen) atoms. The highest BCUT2D eigenvalue weighted by Crippen LogP contribution is 2.08. The molecule has 0 aromatic carbocycles. The maximum Gasteiger partial charge on any atom is 0.130 e. The predicted octanol–water partition coefficient (Wildman–Crippen LogP) is 0.838. The lowest BCUT2D eigenvalue weighted by molar-refractivity contribution is 0.535. The lowest BCUT2D eigenvalue weighted by Gasteiger charge is -2.05. The molecular formula is C7H9N2O2S-. The third kappa shape index (κ3) is 2.09. The third-order valence-corrected chi connectivity index (χ3v) is 1.95. The van der Waals surface area contributed by atoms with E-state index < -0.39 is 11.1 Å². The van der Waals surface area contributed by atoms with Gasteiger partial charge in [0, 0.05) is 18.3 Å². The Kier molecular flexibility index (Phi) is 2.88. The van der Waals surface area contributed by atoms with Gasteiger partial charge < -0.3 is 4.55 Å². The Morgan fingerprint density at radius 3 is 2.25 bits per heavy atom. The van der Waals surface area contributed by atoms with Crippen LogP contribution in [-0.2, 0) is 11.1 Å². The summed E-state index contributed by atoms with van der Waals surface area (Å²) in [7, 11) is 0. The zero-order valence-corrected chi connectivity index (χ0v) is 7.67. The number of hydrogen-bond acceptors (Lipinski definition) is 4. The van der Waals surface area contributed by atoms with Crippen LogP contribution in [0.4, 0.5) is 0 Å². The van der Waals surface area contributed by atoms with Crippen LogP contribution in [0.1, 0.15) is 25.6 Å². The maximum absolute atomic E-state index is 10.4. The quantitative estimate of drug-likeness (QED) is 0.640. The molecule has 0 N–H and O–H groups in total. The maximum atomic E-state index is 10.4. The van der Waals surface area contributed by atoms with Crippen molar-refractivity contribution < 1.29 is 8.76 Å². The van der Waals surface area contributed by atoms with Crippen molar-refractivity contribution in [3.8, 4) is 0 Å². The Morgan fingerprint density at radius 2 is 1.92 bits per heavy atom. The third-order valence-electron chi connectivity index (χ3n) is 1.36. The number of hydrogen-bond donors (Lipinski definition) is 0. The van der Waals surface area contributed by atoms with Crippen molar-refractivity contribution in [2.45, 2.75) is 24.7 Å². The fraction of sp³-hybridized carbons (Fsp3) is 0.429. The standard InChI is InChI=1S/C7H10N2O2S/c1-5(2)7-8-3-6(4-9-7)12(10)11/h3-5H,1-2H3,(H,10,11)/p-1. The average molecular weight is 185 g/mol. The molecule has 0 fully saturated rings. The fourth-order valence-corrected chi connectivity index (χ4v) is 0.988. The topological polar surface area (TPSA) is 65.9 Å². The summed E-state index contributed by atoms with van der Waals surface area (Å²) in [5, 5.41) is 0. The van der Waals surface area contributed by atoms with Crippen LogP contribution >= 0.6 is 0 Å². The van der Waals surface area contributed by atoms with E-state index in [1.165, 1.54) is 12.4 Å². The number of aromatic nitrogens is 2. The van der Waals surface area contributed by atoms with Crippen molar-refractivity contribution in [3.63, 3.8) is 0 Å². The summed E-state index contributed by atoms with van der Waals surface area (Å²) >= 11 is -2.23. The Balaban J connectivity index is 2.93. The number of rotatable bonds is 2. The Labute approximate surface area is 73.3 Å². The van der Waals surface area contributed by atoms with Gasteiger partial charge in [0.1, 0.15) is 5.82 Å². The smallest absolute Gasteiger partial charge is 0.130 e. The summed E-state index contributed by atoms with van der Waals surface area (Å²) in [6, 6.07) is 0. The van der Waals surface area contributed by atoms with Crippen LogP contribution in [0.15, 0.2) is 17.3 Å². The molecule has 66 valence electrons. The molecule has 0 bridgehead atoms. The highest BCUT2D eigenvalue weighted by atomic mass is 32.2. The average Bonchev–Trinajstić information content (AvgIpc) is 2.04. The van der Waals surface area contributed by atoms with Gasteiger partial charge in [0.25, 0.3) is 0 Å². The summed E-state index contributed by atoms with van der Waals surface area (Å²) < 4.78 is 20.8. The van der Waals surface area contributed by atoms with Gasteiger partial charge in [-0.25, -0.2) is 9.97 Å². The molecule has 0 aliphatic rings. The Morgan fingerprint density at radius 1 is 1.42 bits per heavy atom. The summed E-state index contributed by atoms with van der Waals surface area (Å²) in [5.41, 5.74) is 0. The molecule has 0 aliphatic carbocycles. The molecule has 0 aliphatic heterocycles. The summed E-state index contributed by atoms with van der Waals surface area (Å²) in [6.07, 6.45) is 2.62. The minimum Gasteiger partial charge on any atom is -0.768 e. The zero-order chi connectivity index (χ0) is 9.14. The molecule has 1 unspecified atom stereocenters. The van der Waals surface area contributed by atoms with E-state index in [0.29, 0.717) is 5.82 Å². The SMILES string of the molecule is CC(C)c1ncc(S(=O)[O-])cn1. The molecule has 0 saturated carbocycles. The molecule has 4 nitrogen and oxygen atoms in total. The van der Waals surface area contributed by atoms with E-state index in [1.54, 1.807) is 0 Å². The molecule has 0 saturated heterocycles. The molecule has 1 aromatic heterocycles. The van der Waals surface area contributed by atoms with Crippen LogP contribution in [0.2, 0.25) is 0 Å². The lowest BCUT2D eigenvalue weighted by Crippen LogP contribution is -1.99. The first-order chi connectivity index (χ1) is 5.61. The second-order valence-corrected chi connectivity index (χ2v) is 3.61. The monoisotopic (exact) mass is 185 g/mol. The van der Waals surface area contributed by atoms with Crippen molar-refractivity contribution in [2.75, 3.05) is 0 Å². The Bertz CT molecular complexity index is 284. The fourth-order valence-electron chi connectivity index (χ4n) is 0.710. The summed E-state index contributed by atoms with van der Waals surface area (Å²) in [5.74, 6) is 0.878. The van der Waals surface area contributed by atoms with E-state index >= 15 is 0 Å². The van der Waals surface area contributed by atoms with Crippen molar-refractivity contribution in [1.29, 1.82) is 0 Å². The van der Waals surface area contributed by atoms with Gasteiger partial charge >= 0.3 is 0 Å². The molecule has 1 rings (SSSR count). The molecule has 1 heterocycles. The normalized spacial score (nSPS) is 13.3. The molecule has 0 amide bonds. The van der Waals surface area contributed by atoms with Crippen molar-refractivity contribution >= 4 is 11.1 Å². The van der Waals surface area contributed by atoms with Crippen LogP contribution in [0.3, 0.4) is 0 Å². The number of nitrogens with zero attached hydrogens (tertiary/aromatic N) is 2. The first-order valence-electron chi connectivity index (χ1n) is 3.52. The van der Waals surface area contributed by atoms with Gasteiger partial charge in [-0.3, -0.25) is 4.21 Å². The van der Waals surface area contributed by atoms with E-state index in [1.807, 2.05) is 13.8 Å². The lowest BCUT2D eigenvalue weighted by atomic mass is 10.2. The van der Waals surface area contributed by atoms with Crippen LogP contribution in [0, 0.1) is 0 Å². The summed E-state index contributed by atoms with van der Waals surface area (Å²) in [4.78, 5) is 7.92. The minimum atomic E-state index is -2.23. The van der Waals surface area contributed by atoms with E-state index in [9.17, 15) is 8.76 Å². The van der Waals surface area contributed by atoms with Crippen molar-refractivity contribution in [3.05, 3.63) is 18.2 Å². The van der Waals surface area contributed by atoms with Gasteiger partial charge in [-0.1, -0.05) is 13.8 Å². The molecular weight excluding hydrogens is 176 g/mol. The molecule has 1 aromatic rings. The van der Waals surface area contributed by atoms with E-state index in [4.69, 9.17) is 0 Å². The van der Waals surface area contributed by atoms with Gasteiger partial charge in [0.05, 0.1) is 4.90 Å². The second-order valence-electron chi connectivity index (χ2n) is 2.67. The van der Waals surface area contributed by atoms with Gasteiger partial charge in [0.15, 0.2) is 0 Å². The van der Waals surface area contributed by atoms with Gasteiger partial charge in [-0.15, -0.1) is 0 Å². The summed E-state index contributed by atoms with van der Waals surface area (Å²) in [6.45, 7) is 3.90. The first kappa shape index (κ1) is 9.28. The van der Waals surface area contributed by atoms with Gasteiger partial charge in [-0.05, 0) is 11.1 Å². The van der Waals surface area contributed by atoms with Crippen LogP contribution in [0.5, 0.6) is 0 Å². The second kappa shape index (κ2) is 3.73. The Hall–Kier alpha value is -0.810. The molecule has 0 spiro atoms. The van der Waals surface area contributed by atoms with E-state index in [2.05, 4.69) is 9.97 Å².